The molecule has 0 bridgehead atoms. The van der Waals surface area contributed by atoms with Gasteiger partial charge in [0.15, 0.2) is 0 Å². The van der Waals surface area contributed by atoms with Crippen molar-refractivity contribution in [2.75, 3.05) is 0 Å². The summed E-state index contributed by atoms with van der Waals surface area (Å²) in [5.74, 6) is -1.19. The van der Waals surface area contributed by atoms with Crippen molar-refractivity contribution < 1.29 is 17.3 Å². The Labute approximate surface area is 67.3 Å². The van der Waals surface area contributed by atoms with Crippen LogP contribution in [0.5, 0.6) is 0 Å². The zero-order valence-electron chi connectivity index (χ0n) is 6.32. The van der Waals surface area contributed by atoms with Crippen molar-refractivity contribution in [1.82, 2.24) is 0 Å². The molecule has 0 fully saturated rings. The highest BCUT2D eigenvalue weighted by Gasteiger charge is 2.28. The second kappa shape index (κ2) is 2.81. The maximum atomic E-state index is 12.6. The van der Waals surface area contributed by atoms with Gasteiger partial charge in [-0.1, -0.05) is 17.6 Å². The van der Waals surface area contributed by atoms with Gasteiger partial charge in [-0.15, -0.1) is 0 Å². The molecule has 0 amide bonds. The van der Waals surface area contributed by atoms with Crippen LogP contribution in [0.3, 0.4) is 0 Å². The molecule has 0 N–H and O–H groups in total. The second-order valence-electron chi connectivity index (χ2n) is 2.60. The summed E-state index contributed by atoms with van der Waals surface area (Å²) in [6.07, 6.45) is 0. The molecule has 0 saturated heterocycles. The van der Waals surface area contributed by atoms with Crippen molar-refractivity contribution >= 4 is 12.4 Å². The van der Waals surface area contributed by atoms with E-state index in [9.17, 15) is 17.3 Å². The van der Waals surface area contributed by atoms with Crippen LogP contribution < -0.4 is 5.46 Å². The third-order valence-corrected chi connectivity index (χ3v) is 1.51. The normalized spacial score (nSPS) is 11.8. The average molecular weight is 177 g/mol. The molecule has 0 radical (unpaired) electrons. The van der Waals surface area contributed by atoms with E-state index in [1.54, 1.807) is 0 Å². The van der Waals surface area contributed by atoms with E-state index in [-0.39, 0.29) is 0 Å². The van der Waals surface area contributed by atoms with Crippen molar-refractivity contribution in [1.29, 1.82) is 0 Å². The summed E-state index contributed by atoms with van der Waals surface area (Å²) < 4.78 is 48.7. The number of halogens is 4. The van der Waals surface area contributed by atoms with Gasteiger partial charge in [-0.2, -0.15) is 0 Å². The zero-order chi connectivity index (χ0) is 9.35. The predicted octanol–water partition coefficient (Wildman–Crippen LogP) is 2.19. The Morgan fingerprint density at radius 2 is 1.75 bits per heavy atom. The molecule has 0 heterocycles. The molecular weight excluding hydrogens is 171 g/mol. The van der Waals surface area contributed by atoms with Crippen molar-refractivity contribution in [3.05, 3.63) is 29.6 Å². The highest BCUT2D eigenvalue weighted by Crippen LogP contribution is 2.12. The van der Waals surface area contributed by atoms with Crippen LogP contribution in [0.1, 0.15) is 5.56 Å². The zero-order valence-corrected chi connectivity index (χ0v) is 6.32. The highest BCUT2D eigenvalue weighted by atomic mass is 19.4. The number of hydrogen-bond acceptors (Lipinski definition) is 0. The topological polar surface area (TPSA) is 0 Å². The molecule has 0 unspecified atom stereocenters. The fourth-order valence-electron chi connectivity index (χ4n) is 0.898. The summed E-state index contributed by atoms with van der Waals surface area (Å²) in [6.45, 7) is -3.68. The Morgan fingerprint density at radius 1 is 1.17 bits per heavy atom. The van der Waals surface area contributed by atoms with Crippen LogP contribution in [0.25, 0.3) is 0 Å². The van der Waals surface area contributed by atoms with Crippen LogP contribution in [-0.2, 0) is 0 Å². The fraction of sp³-hybridized carbons (Fsp3) is 0.143. The van der Waals surface area contributed by atoms with Gasteiger partial charge < -0.3 is 12.9 Å². The summed E-state index contributed by atoms with van der Waals surface area (Å²) in [4.78, 5) is 0. The first-order chi connectivity index (χ1) is 5.41. The van der Waals surface area contributed by atoms with Gasteiger partial charge in [0.05, 0.1) is 5.82 Å². The Balaban J connectivity index is 3.19. The largest absolute Gasteiger partial charge is 0.512 e. The summed E-state index contributed by atoms with van der Waals surface area (Å²) in [5, 5.41) is 0. The average Bonchev–Trinajstić information content (AvgIpc) is 1.83. The van der Waals surface area contributed by atoms with Crippen LogP contribution in [-0.4, -0.2) is 6.98 Å². The first-order valence-electron chi connectivity index (χ1n) is 3.37. The molecule has 12 heavy (non-hydrogen) atoms. The molecule has 66 valence electrons. The van der Waals surface area contributed by atoms with Gasteiger partial charge in [0.1, 0.15) is 0 Å². The van der Waals surface area contributed by atoms with Crippen LogP contribution >= 0.6 is 0 Å². The van der Waals surface area contributed by atoms with Crippen molar-refractivity contribution in [3.63, 3.8) is 0 Å². The lowest BCUT2D eigenvalue weighted by atomic mass is 9.79. The van der Waals surface area contributed by atoms with Gasteiger partial charge in [-0.05, 0) is 18.6 Å². The summed E-state index contributed by atoms with van der Waals surface area (Å²) in [6, 6.07) is 2.89. The van der Waals surface area contributed by atoms with Gasteiger partial charge >= 0.3 is 6.98 Å². The lowest BCUT2D eigenvalue weighted by Crippen LogP contribution is -2.36. The minimum Gasteiger partial charge on any atom is -0.445 e. The number of aryl methyl sites for hydroxylation is 1. The molecule has 0 nitrogen and oxygen atoms in total. The van der Waals surface area contributed by atoms with Crippen LogP contribution in [0.15, 0.2) is 18.2 Å². The molecule has 5 heteroatoms. The quantitative estimate of drug-likeness (QED) is 0.455. The van der Waals surface area contributed by atoms with E-state index >= 15 is 0 Å². The second-order valence-corrected chi connectivity index (χ2v) is 2.60. The van der Waals surface area contributed by atoms with E-state index in [0.717, 1.165) is 12.1 Å². The molecule has 0 spiro atoms. The smallest absolute Gasteiger partial charge is 0.445 e. The molecule has 0 aliphatic rings. The first-order valence-corrected chi connectivity index (χ1v) is 3.37. The summed E-state index contributed by atoms with van der Waals surface area (Å²) in [5.41, 5.74) is -0.670. The molecule has 0 aliphatic carbocycles. The third-order valence-electron chi connectivity index (χ3n) is 1.51. The van der Waals surface area contributed by atoms with Crippen LogP contribution in [0.4, 0.5) is 17.3 Å². The van der Waals surface area contributed by atoms with E-state index in [1.807, 2.05) is 0 Å². The number of hydrogen-bond donors (Lipinski definition) is 0. The van der Waals surface area contributed by atoms with E-state index in [2.05, 4.69) is 0 Å². The minimum atomic E-state index is -5.22. The van der Waals surface area contributed by atoms with Crippen molar-refractivity contribution in [3.8, 4) is 0 Å². The maximum Gasteiger partial charge on any atom is 0.512 e. The summed E-state index contributed by atoms with van der Waals surface area (Å²) >= 11 is 0. The third kappa shape index (κ3) is 1.78. The monoisotopic (exact) mass is 177 g/mol. The molecule has 1 aromatic rings. The lowest BCUT2D eigenvalue weighted by Gasteiger charge is -2.15. The Morgan fingerprint density at radius 3 is 2.17 bits per heavy atom. The molecule has 0 aliphatic heterocycles. The first kappa shape index (κ1) is 9.10. The molecule has 1 aromatic carbocycles. The standard InChI is InChI=1S/C7H6BF4/c1-5-2-3-6(7(9)4-5)8(10,11)12/h2-4H,1H3/q-1. The molecular formula is C7H6BF4-. The molecule has 0 saturated carbocycles. The SMILES string of the molecule is Cc1ccc([B-](F)(F)F)c(F)c1. The number of benzene rings is 1. The molecule has 0 atom stereocenters. The van der Waals surface area contributed by atoms with Crippen LogP contribution in [0, 0.1) is 12.7 Å². The van der Waals surface area contributed by atoms with Gasteiger partial charge in [-0.3, -0.25) is 0 Å². The van der Waals surface area contributed by atoms with E-state index in [1.165, 1.54) is 13.0 Å². The summed E-state index contributed by atoms with van der Waals surface area (Å²) in [7, 11) is 0. The number of rotatable bonds is 1. The van der Waals surface area contributed by atoms with Gasteiger partial charge in [-0.25, -0.2) is 4.39 Å². The van der Waals surface area contributed by atoms with Gasteiger partial charge in [0, 0.05) is 0 Å². The van der Waals surface area contributed by atoms with E-state index in [0.29, 0.717) is 5.56 Å². The Hall–Kier alpha value is -0.995. The fourth-order valence-corrected chi connectivity index (χ4v) is 0.898. The van der Waals surface area contributed by atoms with Gasteiger partial charge in [0.2, 0.25) is 0 Å². The van der Waals surface area contributed by atoms with Gasteiger partial charge in [0.25, 0.3) is 0 Å². The lowest BCUT2D eigenvalue weighted by molar-refractivity contribution is 0.494. The highest BCUT2D eigenvalue weighted by molar-refractivity contribution is 6.73. The van der Waals surface area contributed by atoms with Crippen molar-refractivity contribution in [2.24, 2.45) is 0 Å². The van der Waals surface area contributed by atoms with E-state index < -0.39 is 18.3 Å². The molecule has 1 rings (SSSR count). The molecule has 0 aromatic heterocycles. The van der Waals surface area contributed by atoms with E-state index in [4.69, 9.17) is 0 Å². The van der Waals surface area contributed by atoms with Crippen molar-refractivity contribution in [2.45, 2.75) is 6.92 Å². The maximum absolute atomic E-state index is 12.6. The Bertz CT molecular complexity index is 292. The predicted molar refractivity (Wildman–Crippen MR) is 39.8 cm³/mol. The van der Waals surface area contributed by atoms with Crippen LogP contribution in [0.2, 0.25) is 0 Å². The Kier molecular flexibility index (Phi) is 2.13. The minimum absolute atomic E-state index is 0.483.